The average Bonchev–Trinajstić information content (AvgIpc) is 1.80. The van der Waals surface area contributed by atoms with Gasteiger partial charge in [-0.2, -0.15) is 0 Å². The molecule has 0 saturated heterocycles. The van der Waals surface area contributed by atoms with E-state index in [1.54, 1.807) is 0 Å². The van der Waals surface area contributed by atoms with Crippen LogP contribution in [0.25, 0.3) is 0 Å². The minimum Gasteiger partial charge on any atom is -0.548 e. The van der Waals surface area contributed by atoms with E-state index in [2.05, 4.69) is 4.74 Å². The fourth-order valence-corrected chi connectivity index (χ4v) is 0.402. The number of aliphatic carboxylic acids is 1. The number of carbonyl (C=O) groups is 1. The van der Waals surface area contributed by atoms with Crippen molar-refractivity contribution in [3.8, 4) is 0 Å². The average molecular weight is 154 g/mol. The van der Waals surface area contributed by atoms with E-state index < -0.39 is 5.97 Å². The molecule has 0 spiro atoms. The van der Waals surface area contributed by atoms with Crippen molar-refractivity contribution in [1.29, 1.82) is 0 Å². The Labute approximate surface area is 83.0 Å². The van der Waals surface area contributed by atoms with Gasteiger partial charge in [-0.3, -0.25) is 0 Å². The second kappa shape index (κ2) is 9.43. The van der Waals surface area contributed by atoms with E-state index in [1.807, 2.05) is 6.92 Å². The molecule has 0 unspecified atom stereocenters. The molecule has 0 heterocycles. The Bertz CT molecular complexity index is 85.1. The van der Waals surface area contributed by atoms with Gasteiger partial charge < -0.3 is 14.6 Å². The summed E-state index contributed by atoms with van der Waals surface area (Å²) in [6.45, 7) is 2.26. The van der Waals surface area contributed by atoms with E-state index >= 15 is 0 Å². The molecular formula is C6H11NaO3. The van der Waals surface area contributed by atoms with E-state index in [-0.39, 0.29) is 36.2 Å². The van der Waals surface area contributed by atoms with Crippen molar-refractivity contribution in [1.82, 2.24) is 0 Å². The minimum absolute atomic E-state index is 0. The van der Waals surface area contributed by atoms with Crippen LogP contribution in [0, 0.1) is 0 Å². The molecule has 54 valence electrons. The molecule has 0 atom stereocenters. The molecule has 0 amide bonds. The molecule has 0 saturated carbocycles. The summed E-state index contributed by atoms with van der Waals surface area (Å²) in [4.78, 5) is 9.73. The van der Waals surface area contributed by atoms with Crippen LogP contribution in [0.3, 0.4) is 0 Å². The Morgan fingerprint density at radius 1 is 1.60 bits per heavy atom. The smallest absolute Gasteiger partial charge is 0.548 e. The summed E-state index contributed by atoms with van der Waals surface area (Å²) in [7, 11) is 0. The van der Waals surface area contributed by atoms with Gasteiger partial charge >= 0.3 is 29.6 Å². The molecule has 0 aromatic carbocycles. The van der Waals surface area contributed by atoms with E-state index in [1.165, 1.54) is 0 Å². The van der Waals surface area contributed by atoms with Gasteiger partial charge in [-0.15, -0.1) is 0 Å². The Morgan fingerprint density at radius 3 is 2.60 bits per heavy atom. The molecule has 0 rings (SSSR count). The quantitative estimate of drug-likeness (QED) is 0.306. The van der Waals surface area contributed by atoms with Gasteiger partial charge in [0, 0.05) is 6.61 Å². The number of carboxylic acid groups (broad SMARTS) is 1. The van der Waals surface area contributed by atoms with Gasteiger partial charge in [-0.25, -0.2) is 0 Å². The summed E-state index contributed by atoms with van der Waals surface area (Å²) in [5, 5.41) is 9.73. The number of hydrogen-bond donors (Lipinski definition) is 0. The van der Waals surface area contributed by atoms with Crippen LogP contribution in [0.5, 0.6) is 0 Å². The van der Waals surface area contributed by atoms with Crippen LogP contribution < -0.4 is 34.7 Å². The van der Waals surface area contributed by atoms with Crippen molar-refractivity contribution in [3.63, 3.8) is 0 Å². The number of carbonyl (C=O) groups excluding carboxylic acids is 1. The van der Waals surface area contributed by atoms with Gasteiger partial charge in [-0.1, -0.05) is 13.3 Å². The number of ether oxygens (including phenoxy) is 1. The Morgan fingerprint density at radius 2 is 2.20 bits per heavy atom. The first-order chi connectivity index (χ1) is 4.27. The fourth-order valence-electron chi connectivity index (χ4n) is 0.402. The van der Waals surface area contributed by atoms with Crippen molar-refractivity contribution in [2.24, 2.45) is 0 Å². The van der Waals surface area contributed by atoms with Crippen molar-refractivity contribution in [2.45, 2.75) is 19.8 Å². The van der Waals surface area contributed by atoms with Gasteiger partial charge in [-0.05, 0) is 6.42 Å². The summed E-state index contributed by atoms with van der Waals surface area (Å²) >= 11 is 0. The van der Waals surface area contributed by atoms with Gasteiger partial charge in [0.15, 0.2) is 0 Å². The first-order valence-corrected chi connectivity index (χ1v) is 3.05. The third kappa shape index (κ3) is 11.3. The molecule has 0 N–H and O–H groups in total. The fraction of sp³-hybridized carbons (Fsp3) is 0.833. The summed E-state index contributed by atoms with van der Waals surface area (Å²) < 4.78 is 4.67. The Balaban J connectivity index is 0. The summed E-state index contributed by atoms with van der Waals surface area (Å²) in [5.74, 6) is -1.15. The van der Waals surface area contributed by atoms with Crippen LogP contribution in [0.1, 0.15) is 19.8 Å². The molecule has 0 radical (unpaired) electrons. The van der Waals surface area contributed by atoms with Gasteiger partial charge in [0.05, 0.1) is 12.6 Å². The standard InChI is InChI=1S/C6H12O3.Na/c1-2-3-4-9-5-6(7)8;/h2-5H2,1H3,(H,7,8);/q;+1/p-1. The molecule has 0 aliphatic rings. The number of unbranched alkanes of at least 4 members (excludes halogenated alkanes) is 1. The van der Waals surface area contributed by atoms with Crippen molar-refractivity contribution in [3.05, 3.63) is 0 Å². The van der Waals surface area contributed by atoms with Gasteiger partial charge in [0.25, 0.3) is 0 Å². The summed E-state index contributed by atoms with van der Waals surface area (Å²) in [6, 6.07) is 0. The number of rotatable bonds is 5. The van der Waals surface area contributed by atoms with Crippen LogP contribution in [0.2, 0.25) is 0 Å². The second-order valence-electron chi connectivity index (χ2n) is 1.78. The van der Waals surface area contributed by atoms with E-state index in [9.17, 15) is 9.90 Å². The van der Waals surface area contributed by atoms with E-state index in [4.69, 9.17) is 0 Å². The van der Waals surface area contributed by atoms with E-state index in [0.717, 1.165) is 12.8 Å². The zero-order valence-corrected chi connectivity index (χ0v) is 8.55. The zero-order valence-electron chi connectivity index (χ0n) is 6.55. The first kappa shape index (κ1) is 13.1. The summed E-state index contributed by atoms with van der Waals surface area (Å²) in [5.41, 5.74) is 0. The minimum atomic E-state index is -1.15. The molecule has 0 aromatic heterocycles. The normalized spacial score (nSPS) is 8.50. The number of hydrogen-bond acceptors (Lipinski definition) is 3. The van der Waals surface area contributed by atoms with Gasteiger partial charge in [0.2, 0.25) is 0 Å². The van der Waals surface area contributed by atoms with Crippen LogP contribution in [0.4, 0.5) is 0 Å². The van der Waals surface area contributed by atoms with Crippen molar-refractivity contribution >= 4 is 5.97 Å². The molecule has 0 aromatic rings. The third-order valence-corrected chi connectivity index (χ3v) is 0.862. The molecule has 3 nitrogen and oxygen atoms in total. The molecule has 10 heavy (non-hydrogen) atoms. The molecule has 0 aliphatic carbocycles. The monoisotopic (exact) mass is 154 g/mol. The Hall–Kier alpha value is 0.430. The van der Waals surface area contributed by atoms with Crippen LogP contribution in [-0.4, -0.2) is 19.2 Å². The molecule has 0 aliphatic heterocycles. The predicted molar refractivity (Wildman–Crippen MR) is 30.7 cm³/mol. The second-order valence-corrected chi connectivity index (χ2v) is 1.78. The maximum Gasteiger partial charge on any atom is 1.00 e. The van der Waals surface area contributed by atoms with Crippen molar-refractivity contribution in [2.75, 3.05) is 13.2 Å². The van der Waals surface area contributed by atoms with Gasteiger partial charge in [0.1, 0.15) is 0 Å². The SMILES string of the molecule is CCCCOCC(=O)[O-].[Na+]. The maximum atomic E-state index is 9.73. The molecule has 0 fully saturated rings. The van der Waals surface area contributed by atoms with Crippen LogP contribution in [-0.2, 0) is 9.53 Å². The molecular weight excluding hydrogens is 143 g/mol. The zero-order chi connectivity index (χ0) is 7.11. The van der Waals surface area contributed by atoms with Crippen LogP contribution in [0.15, 0.2) is 0 Å². The Kier molecular flexibility index (Phi) is 12.3. The number of carboxylic acids is 1. The third-order valence-electron chi connectivity index (χ3n) is 0.862. The largest absolute Gasteiger partial charge is 1.00 e. The maximum absolute atomic E-state index is 9.73. The van der Waals surface area contributed by atoms with Crippen LogP contribution >= 0.6 is 0 Å². The van der Waals surface area contributed by atoms with Crippen molar-refractivity contribution < 1.29 is 44.2 Å². The first-order valence-electron chi connectivity index (χ1n) is 3.05. The van der Waals surface area contributed by atoms with E-state index in [0.29, 0.717) is 6.61 Å². The summed E-state index contributed by atoms with van der Waals surface area (Å²) in [6.07, 6.45) is 1.93. The molecule has 0 bridgehead atoms. The predicted octanol–water partition coefficient (Wildman–Crippen LogP) is -3.44. The topological polar surface area (TPSA) is 49.4 Å². The molecule has 4 heteroatoms.